The van der Waals surface area contributed by atoms with Crippen molar-refractivity contribution in [2.75, 3.05) is 6.54 Å². The van der Waals surface area contributed by atoms with E-state index in [0.717, 1.165) is 12.5 Å². The molecule has 0 saturated carbocycles. The molecule has 0 aromatic heterocycles. The van der Waals surface area contributed by atoms with E-state index in [2.05, 4.69) is 19.6 Å². The van der Waals surface area contributed by atoms with Gasteiger partial charge in [-0.3, -0.25) is 0 Å². The van der Waals surface area contributed by atoms with Crippen LogP contribution in [0.5, 0.6) is 0 Å². The molecule has 0 aliphatic heterocycles. The molecular weight excluding hydrogens is 122 g/mol. The predicted molar refractivity (Wildman–Crippen MR) is 45.7 cm³/mol. The van der Waals surface area contributed by atoms with E-state index < -0.39 is 0 Å². The molecule has 62 valence electrons. The molecule has 0 aliphatic rings. The van der Waals surface area contributed by atoms with Crippen molar-refractivity contribution in [2.24, 2.45) is 5.92 Å². The summed E-state index contributed by atoms with van der Waals surface area (Å²) in [7, 11) is 0. The summed E-state index contributed by atoms with van der Waals surface area (Å²) in [6, 6.07) is 0. The van der Waals surface area contributed by atoms with Crippen LogP contribution in [-0.2, 0) is 0 Å². The molecule has 0 radical (unpaired) electrons. The number of rotatable bonds is 6. The van der Waals surface area contributed by atoms with Gasteiger partial charge in [0.05, 0.1) is 6.54 Å². The number of quaternary nitrogens is 1. The minimum atomic E-state index is 0.889. The van der Waals surface area contributed by atoms with Crippen LogP contribution < -0.4 is 5.73 Å². The zero-order chi connectivity index (χ0) is 7.82. The molecule has 0 aliphatic carbocycles. The molecule has 0 heterocycles. The summed E-state index contributed by atoms with van der Waals surface area (Å²) < 4.78 is 0. The molecule has 3 N–H and O–H groups in total. The Bertz CT molecular complexity index is 59.7. The largest absolute Gasteiger partial charge is 0.358 e. The molecule has 1 nitrogen and oxygen atoms in total. The Kier molecular flexibility index (Phi) is 7.04. The van der Waals surface area contributed by atoms with Gasteiger partial charge >= 0.3 is 0 Å². The minimum absolute atomic E-state index is 0.889. The summed E-state index contributed by atoms with van der Waals surface area (Å²) in [5.74, 6) is 0.889. The van der Waals surface area contributed by atoms with Crippen LogP contribution in [0.2, 0.25) is 0 Å². The molecule has 0 aromatic carbocycles. The van der Waals surface area contributed by atoms with Crippen molar-refractivity contribution in [3.63, 3.8) is 0 Å². The van der Waals surface area contributed by atoms with Crippen LogP contribution in [0.3, 0.4) is 0 Å². The molecule has 10 heavy (non-hydrogen) atoms. The minimum Gasteiger partial charge on any atom is -0.358 e. The lowest BCUT2D eigenvalue weighted by Gasteiger charge is -2.02. The first-order valence-corrected chi connectivity index (χ1v) is 4.56. The second kappa shape index (κ2) is 7.07. The van der Waals surface area contributed by atoms with Crippen molar-refractivity contribution in [3.05, 3.63) is 0 Å². The van der Waals surface area contributed by atoms with Crippen molar-refractivity contribution in [3.8, 4) is 0 Å². The summed E-state index contributed by atoms with van der Waals surface area (Å²) in [4.78, 5) is 0. The Balaban J connectivity index is 2.77. The second-order valence-electron chi connectivity index (χ2n) is 3.45. The lowest BCUT2D eigenvalue weighted by atomic mass is 10.0. The first-order chi connectivity index (χ1) is 4.77. The fourth-order valence-electron chi connectivity index (χ4n) is 1.08. The average Bonchev–Trinajstić information content (AvgIpc) is 1.87. The molecular formula is C9H22N+. The van der Waals surface area contributed by atoms with Crippen LogP contribution in [0.4, 0.5) is 0 Å². The predicted octanol–water partition coefficient (Wildman–Crippen LogP) is 1.83. The van der Waals surface area contributed by atoms with Crippen LogP contribution in [0, 0.1) is 5.92 Å². The molecule has 0 spiro atoms. The molecule has 0 saturated heterocycles. The smallest absolute Gasteiger partial charge is 0.0739 e. The Labute approximate surface area is 65.0 Å². The number of hydrogen-bond donors (Lipinski definition) is 1. The zero-order valence-electron chi connectivity index (χ0n) is 7.53. The summed E-state index contributed by atoms with van der Waals surface area (Å²) in [6.45, 7) is 5.70. The topological polar surface area (TPSA) is 27.6 Å². The molecule has 0 rings (SSSR count). The third-order valence-corrected chi connectivity index (χ3v) is 1.78. The Morgan fingerprint density at radius 3 is 2.10 bits per heavy atom. The van der Waals surface area contributed by atoms with Crippen molar-refractivity contribution in [1.82, 2.24) is 0 Å². The first kappa shape index (κ1) is 9.96. The van der Waals surface area contributed by atoms with E-state index in [1.165, 1.54) is 32.1 Å². The fourth-order valence-corrected chi connectivity index (χ4v) is 1.08. The summed E-state index contributed by atoms with van der Waals surface area (Å²) in [5, 5.41) is 0. The van der Waals surface area contributed by atoms with Gasteiger partial charge in [-0.15, -0.1) is 0 Å². The molecule has 0 atom stereocenters. The Morgan fingerprint density at radius 2 is 1.60 bits per heavy atom. The maximum Gasteiger partial charge on any atom is 0.0739 e. The zero-order valence-corrected chi connectivity index (χ0v) is 7.53. The van der Waals surface area contributed by atoms with Gasteiger partial charge in [0.15, 0.2) is 0 Å². The quantitative estimate of drug-likeness (QED) is 0.551. The molecule has 0 unspecified atom stereocenters. The van der Waals surface area contributed by atoms with Gasteiger partial charge in [-0.25, -0.2) is 0 Å². The normalized spacial score (nSPS) is 10.8. The van der Waals surface area contributed by atoms with Gasteiger partial charge in [0.25, 0.3) is 0 Å². The van der Waals surface area contributed by atoms with Gasteiger partial charge in [-0.05, 0) is 18.8 Å². The summed E-state index contributed by atoms with van der Waals surface area (Å²) >= 11 is 0. The van der Waals surface area contributed by atoms with Gasteiger partial charge in [-0.2, -0.15) is 0 Å². The average molecular weight is 144 g/mol. The van der Waals surface area contributed by atoms with E-state index in [4.69, 9.17) is 0 Å². The maximum atomic E-state index is 3.82. The van der Waals surface area contributed by atoms with Gasteiger partial charge < -0.3 is 5.73 Å². The van der Waals surface area contributed by atoms with E-state index in [1.807, 2.05) is 0 Å². The molecule has 0 aromatic rings. The summed E-state index contributed by atoms with van der Waals surface area (Å²) in [6.07, 6.45) is 6.93. The van der Waals surface area contributed by atoms with Gasteiger partial charge in [0.2, 0.25) is 0 Å². The summed E-state index contributed by atoms with van der Waals surface area (Å²) in [5.41, 5.74) is 3.82. The standard InChI is InChI=1S/C9H21N/c1-9(2)7-5-3-4-6-8-10/h9H,3-8,10H2,1-2H3/p+1. The van der Waals surface area contributed by atoms with Crippen LogP contribution >= 0.6 is 0 Å². The fraction of sp³-hybridized carbons (Fsp3) is 1.00. The number of unbranched alkanes of at least 4 members (excludes halogenated alkanes) is 3. The lowest BCUT2D eigenvalue weighted by molar-refractivity contribution is -0.368. The highest BCUT2D eigenvalue weighted by atomic mass is 14.5. The molecule has 0 bridgehead atoms. The maximum absolute atomic E-state index is 3.82. The lowest BCUT2D eigenvalue weighted by Crippen LogP contribution is -2.50. The first-order valence-electron chi connectivity index (χ1n) is 4.56. The van der Waals surface area contributed by atoms with Crippen LogP contribution in [0.1, 0.15) is 46.0 Å². The van der Waals surface area contributed by atoms with E-state index >= 15 is 0 Å². The van der Waals surface area contributed by atoms with E-state index in [0.29, 0.717) is 0 Å². The van der Waals surface area contributed by atoms with Gasteiger partial charge in [-0.1, -0.05) is 33.1 Å². The van der Waals surface area contributed by atoms with Gasteiger partial charge in [0.1, 0.15) is 0 Å². The molecule has 1 heteroatoms. The molecule has 0 amide bonds. The highest BCUT2D eigenvalue weighted by Crippen LogP contribution is 2.08. The second-order valence-corrected chi connectivity index (χ2v) is 3.45. The SMILES string of the molecule is CC(C)CCCCCC[NH3+]. The van der Waals surface area contributed by atoms with E-state index in [9.17, 15) is 0 Å². The highest BCUT2D eigenvalue weighted by Gasteiger charge is 1.93. The van der Waals surface area contributed by atoms with Crippen molar-refractivity contribution in [1.29, 1.82) is 0 Å². The van der Waals surface area contributed by atoms with Crippen LogP contribution in [-0.4, -0.2) is 6.54 Å². The van der Waals surface area contributed by atoms with E-state index in [1.54, 1.807) is 0 Å². The monoisotopic (exact) mass is 144 g/mol. The Hall–Kier alpha value is -0.0400. The third kappa shape index (κ3) is 7.96. The van der Waals surface area contributed by atoms with E-state index in [-0.39, 0.29) is 0 Å². The van der Waals surface area contributed by atoms with Gasteiger partial charge in [0, 0.05) is 0 Å². The number of hydrogen-bond acceptors (Lipinski definition) is 0. The third-order valence-electron chi connectivity index (χ3n) is 1.78. The van der Waals surface area contributed by atoms with Crippen molar-refractivity contribution >= 4 is 0 Å². The van der Waals surface area contributed by atoms with Crippen molar-refractivity contribution < 1.29 is 5.73 Å². The van der Waals surface area contributed by atoms with Crippen molar-refractivity contribution in [2.45, 2.75) is 46.0 Å². The van der Waals surface area contributed by atoms with Crippen LogP contribution in [0.15, 0.2) is 0 Å². The van der Waals surface area contributed by atoms with Crippen LogP contribution in [0.25, 0.3) is 0 Å². The Morgan fingerprint density at radius 1 is 1.00 bits per heavy atom. The highest BCUT2D eigenvalue weighted by molar-refractivity contribution is 4.46. The molecule has 0 fully saturated rings.